The van der Waals surface area contributed by atoms with Crippen LogP contribution in [-0.4, -0.2) is 48.0 Å². The van der Waals surface area contributed by atoms with E-state index in [0.717, 1.165) is 31.0 Å². The largest absolute Gasteiger partial charge is 0.356 e. The molecule has 1 aliphatic heterocycles. The molecule has 156 valence electrons. The number of piperidine rings is 1. The standard InChI is InChI=1S/C20H31N5O2.HI/c1-3-12-21-20(22-13-6-15-24-14-5-4-7-17(24)2)23-16-18-8-10-19(11-9-18)25(26)27;/h3,8-11,17H,1,4-7,12-16H2,2H3,(H2,21,22,23);1H. The number of benzene rings is 1. The molecule has 0 spiro atoms. The predicted octanol–water partition coefficient (Wildman–Crippen LogP) is 3.70. The average Bonchev–Trinajstić information content (AvgIpc) is 2.68. The molecule has 8 heteroatoms. The Morgan fingerprint density at radius 1 is 1.36 bits per heavy atom. The molecule has 1 atom stereocenters. The van der Waals surface area contributed by atoms with Crippen molar-refractivity contribution in [1.29, 1.82) is 0 Å². The zero-order chi connectivity index (χ0) is 19.5. The maximum absolute atomic E-state index is 10.7. The summed E-state index contributed by atoms with van der Waals surface area (Å²) in [5.41, 5.74) is 1.03. The summed E-state index contributed by atoms with van der Waals surface area (Å²) >= 11 is 0. The van der Waals surface area contributed by atoms with Crippen LogP contribution in [0.5, 0.6) is 0 Å². The lowest BCUT2D eigenvalue weighted by Crippen LogP contribution is -2.41. The molecule has 28 heavy (non-hydrogen) atoms. The Hall–Kier alpha value is -1.68. The average molecular weight is 501 g/mol. The van der Waals surface area contributed by atoms with Crippen molar-refractivity contribution in [3.63, 3.8) is 0 Å². The first kappa shape index (κ1) is 24.4. The number of non-ortho nitro benzene ring substituents is 1. The Morgan fingerprint density at radius 2 is 2.11 bits per heavy atom. The van der Waals surface area contributed by atoms with Crippen LogP contribution in [0.25, 0.3) is 0 Å². The Balaban J connectivity index is 0.00000392. The number of guanidine groups is 1. The molecular weight excluding hydrogens is 469 g/mol. The van der Waals surface area contributed by atoms with Gasteiger partial charge in [0.15, 0.2) is 5.96 Å². The van der Waals surface area contributed by atoms with Gasteiger partial charge in [0.1, 0.15) is 0 Å². The number of nitro benzene ring substituents is 1. The number of hydrogen-bond donors (Lipinski definition) is 2. The molecule has 7 nitrogen and oxygen atoms in total. The van der Waals surface area contributed by atoms with Gasteiger partial charge < -0.3 is 15.5 Å². The molecule has 2 N–H and O–H groups in total. The SMILES string of the molecule is C=CCNC(=NCc1ccc([N+](=O)[O-])cc1)NCCCN1CCCCC1C.I. The molecule has 1 fully saturated rings. The van der Waals surface area contributed by atoms with Gasteiger partial charge in [-0.15, -0.1) is 30.6 Å². The summed E-state index contributed by atoms with van der Waals surface area (Å²) in [6, 6.07) is 7.19. The second-order valence-corrected chi connectivity index (χ2v) is 6.92. The van der Waals surface area contributed by atoms with Gasteiger partial charge in [0.25, 0.3) is 5.69 Å². The number of rotatable bonds is 9. The highest BCUT2D eigenvalue weighted by atomic mass is 127. The van der Waals surface area contributed by atoms with Gasteiger partial charge in [-0.05, 0) is 38.3 Å². The normalized spacial score (nSPS) is 17.5. The second-order valence-electron chi connectivity index (χ2n) is 6.92. The summed E-state index contributed by atoms with van der Waals surface area (Å²) in [6.07, 6.45) is 6.81. The van der Waals surface area contributed by atoms with Crippen molar-refractivity contribution < 1.29 is 4.92 Å². The third kappa shape index (κ3) is 8.55. The lowest BCUT2D eigenvalue weighted by atomic mass is 10.0. The highest BCUT2D eigenvalue weighted by molar-refractivity contribution is 14.0. The third-order valence-electron chi connectivity index (χ3n) is 4.84. The smallest absolute Gasteiger partial charge is 0.269 e. The predicted molar refractivity (Wildman–Crippen MR) is 125 cm³/mol. The molecule has 0 saturated carbocycles. The third-order valence-corrected chi connectivity index (χ3v) is 4.84. The minimum atomic E-state index is -0.394. The Bertz CT molecular complexity index is 636. The number of nitrogens with one attached hydrogen (secondary N) is 2. The summed E-state index contributed by atoms with van der Waals surface area (Å²) < 4.78 is 0. The molecule has 0 amide bonds. The summed E-state index contributed by atoms with van der Waals surface area (Å²) in [5, 5.41) is 17.3. The van der Waals surface area contributed by atoms with Gasteiger partial charge in [-0.25, -0.2) is 4.99 Å². The minimum Gasteiger partial charge on any atom is -0.356 e. The van der Waals surface area contributed by atoms with E-state index in [0.29, 0.717) is 19.1 Å². The van der Waals surface area contributed by atoms with Crippen LogP contribution < -0.4 is 10.6 Å². The monoisotopic (exact) mass is 501 g/mol. The Labute approximate surface area is 184 Å². The number of likely N-dealkylation sites (tertiary alicyclic amines) is 1. The van der Waals surface area contributed by atoms with Crippen LogP contribution in [0.1, 0.15) is 38.2 Å². The summed E-state index contributed by atoms with van der Waals surface area (Å²) in [6.45, 7) is 10.3. The second kappa shape index (κ2) is 13.5. The van der Waals surface area contributed by atoms with Crippen LogP contribution >= 0.6 is 24.0 Å². The van der Waals surface area contributed by atoms with Crippen LogP contribution in [0.15, 0.2) is 41.9 Å². The van der Waals surface area contributed by atoms with Crippen LogP contribution in [-0.2, 0) is 6.54 Å². The molecule has 0 aliphatic carbocycles. The van der Waals surface area contributed by atoms with Crippen molar-refractivity contribution in [1.82, 2.24) is 15.5 Å². The van der Waals surface area contributed by atoms with E-state index < -0.39 is 4.92 Å². The fraction of sp³-hybridized carbons (Fsp3) is 0.550. The molecule has 1 aromatic rings. The summed E-state index contributed by atoms with van der Waals surface area (Å²) in [7, 11) is 0. The lowest BCUT2D eigenvalue weighted by molar-refractivity contribution is -0.384. The lowest BCUT2D eigenvalue weighted by Gasteiger charge is -2.33. The maximum Gasteiger partial charge on any atom is 0.269 e. The summed E-state index contributed by atoms with van der Waals surface area (Å²) in [5.74, 6) is 0.736. The van der Waals surface area contributed by atoms with Crippen molar-refractivity contribution in [2.45, 2.75) is 45.2 Å². The molecule has 0 aromatic heterocycles. The topological polar surface area (TPSA) is 82.8 Å². The summed E-state index contributed by atoms with van der Waals surface area (Å²) in [4.78, 5) is 17.5. The number of halogens is 1. The van der Waals surface area contributed by atoms with Crippen LogP contribution in [0.4, 0.5) is 5.69 Å². The highest BCUT2D eigenvalue weighted by Gasteiger charge is 2.17. The van der Waals surface area contributed by atoms with Gasteiger partial charge >= 0.3 is 0 Å². The van der Waals surface area contributed by atoms with E-state index in [1.165, 1.54) is 37.9 Å². The molecule has 1 heterocycles. The molecule has 0 radical (unpaired) electrons. The first-order chi connectivity index (χ1) is 13.1. The van der Waals surface area contributed by atoms with Crippen LogP contribution in [0.2, 0.25) is 0 Å². The van der Waals surface area contributed by atoms with Crippen molar-refractivity contribution in [2.75, 3.05) is 26.2 Å². The molecule has 1 unspecified atom stereocenters. The molecule has 0 bridgehead atoms. The number of nitrogens with zero attached hydrogens (tertiary/aromatic N) is 3. The van der Waals surface area contributed by atoms with E-state index in [-0.39, 0.29) is 29.7 Å². The van der Waals surface area contributed by atoms with Crippen molar-refractivity contribution in [3.05, 3.63) is 52.6 Å². The van der Waals surface area contributed by atoms with Crippen LogP contribution in [0, 0.1) is 10.1 Å². The van der Waals surface area contributed by atoms with Gasteiger partial charge in [0.05, 0.1) is 11.5 Å². The van der Waals surface area contributed by atoms with E-state index >= 15 is 0 Å². The van der Waals surface area contributed by atoms with Crippen molar-refractivity contribution in [2.24, 2.45) is 4.99 Å². The fourth-order valence-electron chi connectivity index (χ4n) is 3.22. The van der Waals surface area contributed by atoms with Gasteiger partial charge in [-0.2, -0.15) is 0 Å². The first-order valence-corrected chi connectivity index (χ1v) is 9.70. The Morgan fingerprint density at radius 3 is 2.75 bits per heavy atom. The van der Waals surface area contributed by atoms with Gasteiger partial charge in [-0.1, -0.05) is 24.6 Å². The van der Waals surface area contributed by atoms with E-state index in [4.69, 9.17) is 0 Å². The Kier molecular flexibility index (Phi) is 11.7. The van der Waals surface area contributed by atoms with Gasteiger partial charge in [-0.3, -0.25) is 10.1 Å². The van der Waals surface area contributed by atoms with Gasteiger partial charge in [0.2, 0.25) is 0 Å². The van der Waals surface area contributed by atoms with Crippen molar-refractivity contribution in [3.8, 4) is 0 Å². The zero-order valence-electron chi connectivity index (χ0n) is 16.6. The van der Waals surface area contributed by atoms with Crippen LogP contribution in [0.3, 0.4) is 0 Å². The quantitative estimate of drug-likeness (QED) is 0.103. The number of aliphatic imine (C=N–C) groups is 1. The van der Waals surface area contributed by atoms with E-state index in [1.807, 2.05) is 0 Å². The molecule has 1 aliphatic rings. The zero-order valence-corrected chi connectivity index (χ0v) is 18.9. The van der Waals surface area contributed by atoms with Crippen molar-refractivity contribution >= 4 is 35.6 Å². The maximum atomic E-state index is 10.7. The van der Waals surface area contributed by atoms with Gasteiger partial charge in [0, 0.05) is 37.8 Å². The number of nitro groups is 1. The molecule has 2 rings (SSSR count). The molecular formula is C20H32IN5O2. The first-order valence-electron chi connectivity index (χ1n) is 9.70. The minimum absolute atomic E-state index is 0. The molecule has 1 saturated heterocycles. The number of hydrogen-bond acceptors (Lipinski definition) is 4. The van der Waals surface area contributed by atoms with E-state index in [9.17, 15) is 10.1 Å². The van der Waals surface area contributed by atoms with E-state index in [2.05, 4.69) is 34.0 Å². The highest BCUT2D eigenvalue weighted by Crippen LogP contribution is 2.16. The fourth-order valence-corrected chi connectivity index (χ4v) is 3.22. The molecule has 1 aromatic carbocycles. The van der Waals surface area contributed by atoms with E-state index in [1.54, 1.807) is 18.2 Å².